The molecule has 104 valence electrons. The van der Waals surface area contributed by atoms with Gasteiger partial charge in [0.05, 0.1) is 17.9 Å². The van der Waals surface area contributed by atoms with Crippen molar-refractivity contribution in [1.29, 1.82) is 0 Å². The average molecular weight is 275 g/mol. The van der Waals surface area contributed by atoms with Gasteiger partial charge in [-0.1, -0.05) is 11.8 Å². The van der Waals surface area contributed by atoms with E-state index in [0.29, 0.717) is 24.9 Å². The van der Waals surface area contributed by atoms with Crippen LogP contribution >= 0.6 is 0 Å². The number of imide groups is 1. The van der Waals surface area contributed by atoms with Crippen molar-refractivity contribution in [2.24, 2.45) is 0 Å². The summed E-state index contributed by atoms with van der Waals surface area (Å²) in [4.78, 5) is 24.7. The first-order valence-electron chi connectivity index (χ1n) is 6.38. The summed E-state index contributed by atoms with van der Waals surface area (Å²) >= 11 is 0. The topological polar surface area (TPSA) is 57.6 Å². The number of aliphatic hydroxyl groups excluding tert-OH is 1. The Kier molecular flexibility index (Phi) is 4.49. The van der Waals surface area contributed by atoms with Crippen molar-refractivity contribution >= 4 is 17.5 Å². The van der Waals surface area contributed by atoms with Crippen LogP contribution in [0.2, 0.25) is 0 Å². The Morgan fingerprint density at radius 1 is 1.25 bits per heavy atom. The van der Waals surface area contributed by atoms with Crippen molar-refractivity contribution in [3.63, 3.8) is 0 Å². The molecule has 1 aromatic carbocycles. The lowest BCUT2D eigenvalue weighted by atomic mass is 10.1. The van der Waals surface area contributed by atoms with Crippen LogP contribution in [0.5, 0.6) is 0 Å². The number of aliphatic hydroxyl groups is 1. The van der Waals surface area contributed by atoms with Crippen molar-refractivity contribution < 1.29 is 19.1 Å². The highest BCUT2D eigenvalue weighted by Crippen LogP contribution is 2.24. The van der Waals surface area contributed by atoms with E-state index < -0.39 is 5.82 Å². The van der Waals surface area contributed by atoms with Gasteiger partial charge < -0.3 is 5.11 Å². The van der Waals surface area contributed by atoms with Gasteiger partial charge in [0.1, 0.15) is 5.82 Å². The standard InChI is InChI=1S/C15H14FNO3/c16-13-8-7-12(10-11(13)4-1-2-9-18)17-14(19)5-3-6-15(17)20/h7-8,10,18H,2-3,5-6,9H2. The fraction of sp³-hybridized carbons (Fsp3) is 0.333. The van der Waals surface area contributed by atoms with E-state index in [0.717, 1.165) is 4.90 Å². The van der Waals surface area contributed by atoms with E-state index in [1.807, 2.05) is 0 Å². The van der Waals surface area contributed by atoms with Crippen molar-refractivity contribution in [3.8, 4) is 11.8 Å². The van der Waals surface area contributed by atoms with Gasteiger partial charge in [-0.2, -0.15) is 0 Å². The minimum Gasteiger partial charge on any atom is -0.395 e. The molecule has 2 amide bonds. The van der Waals surface area contributed by atoms with Crippen molar-refractivity contribution in [2.45, 2.75) is 25.7 Å². The molecule has 1 fully saturated rings. The van der Waals surface area contributed by atoms with E-state index >= 15 is 0 Å². The molecule has 1 saturated heterocycles. The number of benzene rings is 1. The molecule has 0 spiro atoms. The summed E-state index contributed by atoms with van der Waals surface area (Å²) in [7, 11) is 0. The molecule has 0 unspecified atom stereocenters. The number of piperidine rings is 1. The molecule has 1 aromatic rings. The normalized spacial score (nSPS) is 15.0. The molecule has 0 aromatic heterocycles. The molecule has 1 heterocycles. The maximum Gasteiger partial charge on any atom is 0.233 e. The lowest BCUT2D eigenvalue weighted by Crippen LogP contribution is -2.40. The monoisotopic (exact) mass is 275 g/mol. The minimum absolute atomic E-state index is 0.0998. The van der Waals surface area contributed by atoms with Crippen molar-refractivity contribution in [3.05, 3.63) is 29.6 Å². The predicted molar refractivity (Wildman–Crippen MR) is 71.3 cm³/mol. The second-order valence-electron chi connectivity index (χ2n) is 4.42. The number of carbonyl (C=O) groups excluding carboxylic acids is 2. The molecule has 4 nitrogen and oxygen atoms in total. The molecule has 2 rings (SSSR count). The highest BCUT2D eigenvalue weighted by Gasteiger charge is 2.27. The zero-order valence-corrected chi connectivity index (χ0v) is 10.9. The van der Waals surface area contributed by atoms with Crippen LogP contribution in [0, 0.1) is 17.7 Å². The van der Waals surface area contributed by atoms with Gasteiger partial charge in [-0.3, -0.25) is 14.5 Å². The molecule has 20 heavy (non-hydrogen) atoms. The van der Waals surface area contributed by atoms with Crippen LogP contribution in [0.1, 0.15) is 31.2 Å². The molecule has 0 saturated carbocycles. The molecule has 0 radical (unpaired) electrons. The second kappa shape index (κ2) is 6.31. The molecule has 5 heteroatoms. The lowest BCUT2D eigenvalue weighted by molar-refractivity contribution is -0.129. The number of carbonyl (C=O) groups is 2. The first-order valence-corrected chi connectivity index (χ1v) is 6.38. The Labute approximate surface area is 116 Å². The van der Waals surface area contributed by atoms with Gasteiger partial charge in [-0.25, -0.2) is 4.39 Å². The fourth-order valence-corrected chi connectivity index (χ4v) is 2.00. The highest BCUT2D eigenvalue weighted by atomic mass is 19.1. The number of anilines is 1. The van der Waals surface area contributed by atoms with Crippen LogP contribution < -0.4 is 4.90 Å². The van der Waals surface area contributed by atoms with Crippen molar-refractivity contribution in [2.75, 3.05) is 11.5 Å². The van der Waals surface area contributed by atoms with Crippen molar-refractivity contribution in [1.82, 2.24) is 0 Å². The number of hydrogen-bond acceptors (Lipinski definition) is 3. The van der Waals surface area contributed by atoms with Gasteiger partial charge in [0.25, 0.3) is 0 Å². The Hall–Kier alpha value is -2.19. The molecule has 1 N–H and O–H groups in total. The molecular formula is C15H14FNO3. The molecule has 0 atom stereocenters. The van der Waals surface area contributed by atoms with Crippen LogP contribution in [-0.2, 0) is 9.59 Å². The largest absolute Gasteiger partial charge is 0.395 e. The summed E-state index contributed by atoms with van der Waals surface area (Å²) in [6, 6.07) is 3.97. The maximum absolute atomic E-state index is 13.6. The van der Waals surface area contributed by atoms with E-state index in [1.165, 1.54) is 18.2 Å². The van der Waals surface area contributed by atoms with Gasteiger partial charge in [0, 0.05) is 19.3 Å². The van der Waals surface area contributed by atoms with E-state index in [4.69, 9.17) is 5.11 Å². The third kappa shape index (κ3) is 3.03. The Morgan fingerprint density at radius 2 is 1.95 bits per heavy atom. The molecule has 0 bridgehead atoms. The molecule has 1 aliphatic rings. The lowest BCUT2D eigenvalue weighted by Gasteiger charge is -2.25. The number of nitrogens with zero attached hydrogens (tertiary/aromatic N) is 1. The number of hydrogen-bond donors (Lipinski definition) is 1. The summed E-state index contributed by atoms with van der Waals surface area (Å²) in [5.41, 5.74) is 0.455. The van der Waals surface area contributed by atoms with Gasteiger partial charge >= 0.3 is 0 Å². The molecule has 1 aliphatic heterocycles. The summed E-state index contributed by atoms with van der Waals surface area (Å²) in [5.74, 6) is 4.14. The highest BCUT2D eigenvalue weighted by molar-refractivity contribution is 6.16. The Morgan fingerprint density at radius 3 is 2.60 bits per heavy atom. The predicted octanol–water partition coefficient (Wildman–Crippen LogP) is 1.60. The summed E-state index contributed by atoms with van der Waals surface area (Å²) < 4.78 is 13.6. The van der Waals surface area contributed by atoms with Crippen LogP contribution in [0.4, 0.5) is 10.1 Å². The SMILES string of the molecule is O=C1CCCC(=O)N1c1ccc(F)c(C#CCCO)c1. The Balaban J connectivity index is 2.33. The summed E-state index contributed by atoms with van der Waals surface area (Å²) in [6.07, 6.45) is 1.42. The number of rotatable bonds is 2. The van der Waals surface area contributed by atoms with Crippen LogP contribution in [0.15, 0.2) is 18.2 Å². The van der Waals surface area contributed by atoms with Crippen LogP contribution in [-0.4, -0.2) is 23.5 Å². The zero-order valence-electron chi connectivity index (χ0n) is 10.9. The summed E-state index contributed by atoms with van der Waals surface area (Å²) in [5, 5.41) is 8.65. The van der Waals surface area contributed by atoms with E-state index in [2.05, 4.69) is 11.8 Å². The van der Waals surface area contributed by atoms with Crippen LogP contribution in [0.3, 0.4) is 0 Å². The smallest absolute Gasteiger partial charge is 0.233 e. The second-order valence-corrected chi connectivity index (χ2v) is 4.42. The fourth-order valence-electron chi connectivity index (χ4n) is 2.00. The molecule has 0 aliphatic carbocycles. The van der Waals surface area contributed by atoms with E-state index in [9.17, 15) is 14.0 Å². The van der Waals surface area contributed by atoms with Crippen LogP contribution in [0.25, 0.3) is 0 Å². The Bertz CT molecular complexity index is 585. The van der Waals surface area contributed by atoms with E-state index in [-0.39, 0.29) is 30.4 Å². The first kappa shape index (κ1) is 14.2. The van der Waals surface area contributed by atoms with Gasteiger partial charge in [0.2, 0.25) is 11.8 Å². The average Bonchev–Trinajstić information content (AvgIpc) is 2.42. The zero-order chi connectivity index (χ0) is 14.5. The number of amides is 2. The maximum atomic E-state index is 13.6. The minimum atomic E-state index is -0.518. The van der Waals surface area contributed by atoms with E-state index in [1.54, 1.807) is 0 Å². The number of halogens is 1. The summed E-state index contributed by atoms with van der Waals surface area (Å²) in [6.45, 7) is -0.0998. The quantitative estimate of drug-likeness (QED) is 0.659. The van der Waals surface area contributed by atoms with Gasteiger partial charge in [0.15, 0.2) is 0 Å². The third-order valence-electron chi connectivity index (χ3n) is 2.95. The first-order chi connectivity index (χ1) is 9.63. The third-order valence-corrected chi connectivity index (χ3v) is 2.95. The van der Waals surface area contributed by atoms with Gasteiger partial charge in [-0.15, -0.1) is 0 Å². The molecular weight excluding hydrogens is 261 g/mol. The van der Waals surface area contributed by atoms with Gasteiger partial charge in [-0.05, 0) is 24.6 Å².